The van der Waals surface area contributed by atoms with Crippen molar-refractivity contribution in [3.63, 3.8) is 0 Å². The molecule has 0 atom stereocenters. The normalized spacial score (nSPS) is 10.2. The van der Waals surface area contributed by atoms with Crippen molar-refractivity contribution < 1.29 is 4.92 Å². The molecule has 0 fully saturated rings. The Kier molecular flexibility index (Phi) is 3.55. The fourth-order valence-corrected chi connectivity index (χ4v) is 2.05. The van der Waals surface area contributed by atoms with E-state index in [1.54, 1.807) is 17.8 Å². The molecule has 17 heavy (non-hydrogen) atoms. The largest absolute Gasteiger partial charge is 0.379 e. The second-order valence-electron chi connectivity index (χ2n) is 3.24. The Morgan fingerprint density at radius 1 is 1.53 bits per heavy atom. The van der Waals surface area contributed by atoms with Crippen molar-refractivity contribution in [1.29, 1.82) is 0 Å². The van der Waals surface area contributed by atoms with Crippen LogP contribution in [0.25, 0.3) is 0 Å². The van der Waals surface area contributed by atoms with E-state index in [9.17, 15) is 10.1 Å². The van der Waals surface area contributed by atoms with Crippen molar-refractivity contribution in [3.8, 4) is 0 Å². The Morgan fingerprint density at radius 2 is 2.35 bits per heavy atom. The second kappa shape index (κ2) is 5.11. The Hall–Kier alpha value is -1.66. The summed E-state index contributed by atoms with van der Waals surface area (Å²) < 4.78 is 0. The number of hydrogen-bond acceptors (Lipinski definition) is 5. The highest BCUT2D eigenvalue weighted by molar-refractivity contribution is 7.09. The molecule has 1 aromatic carbocycles. The van der Waals surface area contributed by atoms with Crippen molar-refractivity contribution >= 4 is 34.3 Å². The van der Waals surface area contributed by atoms with Gasteiger partial charge in [-0.25, -0.2) is 0 Å². The monoisotopic (exact) mass is 269 g/mol. The number of benzene rings is 1. The molecule has 0 amide bonds. The number of hydrogen-bond donors (Lipinski definition) is 1. The molecule has 0 radical (unpaired) electrons. The van der Waals surface area contributed by atoms with Gasteiger partial charge in [-0.05, 0) is 6.07 Å². The number of nitrogens with zero attached hydrogens (tertiary/aromatic N) is 2. The van der Waals surface area contributed by atoms with Crippen molar-refractivity contribution in [2.45, 2.75) is 6.54 Å². The maximum Gasteiger partial charge on any atom is 0.271 e. The molecular formula is C10H8ClN3O2S. The maximum atomic E-state index is 10.5. The van der Waals surface area contributed by atoms with Crippen molar-refractivity contribution in [2.75, 3.05) is 5.32 Å². The minimum atomic E-state index is -0.473. The van der Waals surface area contributed by atoms with Gasteiger partial charge in [0.2, 0.25) is 0 Å². The lowest BCUT2D eigenvalue weighted by Crippen LogP contribution is -1.98. The molecule has 1 heterocycles. The van der Waals surface area contributed by atoms with E-state index in [4.69, 9.17) is 11.6 Å². The van der Waals surface area contributed by atoms with Gasteiger partial charge in [0.05, 0.1) is 27.7 Å². The first-order valence-electron chi connectivity index (χ1n) is 4.72. The standard InChI is InChI=1S/C10H8ClN3O2S/c11-9-3-7(14(15)16)1-2-10(9)13-5-8-4-12-6-17-8/h1-4,6,13H,5H2. The lowest BCUT2D eigenvalue weighted by molar-refractivity contribution is -0.384. The molecule has 1 N–H and O–H groups in total. The average Bonchev–Trinajstić information content (AvgIpc) is 2.80. The zero-order valence-electron chi connectivity index (χ0n) is 8.59. The van der Waals surface area contributed by atoms with Gasteiger partial charge in [0, 0.05) is 23.2 Å². The molecule has 0 bridgehead atoms. The van der Waals surface area contributed by atoms with Crippen molar-refractivity contribution in [3.05, 3.63) is 49.9 Å². The SMILES string of the molecule is O=[N+]([O-])c1ccc(NCc2cncs2)c(Cl)c1. The third-order valence-corrected chi connectivity index (χ3v) is 3.19. The average molecular weight is 270 g/mol. The van der Waals surface area contributed by atoms with E-state index in [1.165, 1.54) is 23.5 Å². The van der Waals surface area contributed by atoms with Gasteiger partial charge in [-0.3, -0.25) is 15.1 Å². The number of nitro groups is 1. The van der Waals surface area contributed by atoms with Gasteiger partial charge in [0.1, 0.15) is 0 Å². The van der Waals surface area contributed by atoms with Gasteiger partial charge >= 0.3 is 0 Å². The fourth-order valence-electron chi connectivity index (χ4n) is 1.27. The number of non-ortho nitro benzene ring substituents is 1. The molecule has 88 valence electrons. The van der Waals surface area contributed by atoms with Crippen LogP contribution in [0, 0.1) is 10.1 Å². The Morgan fingerprint density at radius 3 is 2.94 bits per heavy atom. The lowest BCUT2D eigenvalue weighted by atomic mass is 10.3. The minimum absolute atomic E-state index is 0.0154. The smallest absolute Gasteiger partial charge is 0.271 e. The Balaban J connectivity index is 2.09. The summed E-state index contributed by atoms with van der Waals surface area (Å²) in [6.07, 6.45) is 1.76. The summed E-state index contributed by atoms with van der Waals surface area (Å²) in [5, 5.41) is 14.0. The molecule has 0 unspecified atom stereocenters. The number of nitrogens with one attached hydrogen (secondary N) is 1. The fraction of sp³-hybridized carbons (Fsp3) is 0.100. The van der Waals surface area contributed by atoms with E-state index in [2.05, 4.69) is 10.3 Å². The van der Waals surface area contributed by atoms with E-state index in [-0.39, 0.29) is 5.69 Å². The van der Waals surface area contributed by atoms with E-state index < -0.39 is 4.92 Å². The van der Waals surface area contributed by atoms with Crippen LogP contribution in [0.3, 0.4) is 0 Å². The zero-order chi connectivity index (χ0) is 12.3. The molecule has 2 rings (SSSR count). The zero-order valence-corrected chi connectivity index (χ0v) is 10.2. The van der Waals surface area contributed by atoms with Crippen LogP contribution in [0.1, 0.15) is 4.88 Å². The number of rotatable bonds is 4. The van der Waals surface area contributed by atoms with Crippen molar-refractivity contribution in [1.82, 2.24) is 4.98 Å². The second-order valence-corrected chi connectivity index (χ2v) is 4.62. The van der Waals surface area contributed by atoms with Gasteiger partial charge in [0.25, 0.3) is 5.69 Å². The number of halogens is 1. The molecule has 7 heteroatoms. The van der Waals surface area contributed by atoms with Gasteiger partial charge in [0.15, 0.2) is 0 Å². The Labute approximate surface area is 106 Å². The summed E-state index contributed by atoms with van der Waals surface area (Å²) >= 11 is 7.47. The lowest BCUT2D eigenvalue weighted by Gasteiger charge is -2.06. The summed E-state index contributed by atoms with van der Waals surface area (Å²) in [5.74, 6) is 0. The molecule has 0 aliphatic heterocycles. The first-order valence-corrected chi connectivity index (χ1v) is 5.98. The summed E-state index contributed by atoms with van der Waals surface area (Å²) in [6, 6.07) is 4.35. The van der Waals surface area contributed by atoms with E-state index >= 15 is 0 Å². The highest BCUT2D eigenvalue weighted by Gasteiger charge is 2.09. The van der Waals surface area contributed by atoms with Crippen molar-refractivity contribution in [2.24, 2.45) is 0 Å². The van der Waals surface area contributed by atoms with Gasteiger partial charge < -0.3 is 5.32 Å². The maximum absolute atomic E-state index is 10.5. The predicted octanol–water partition coefficient (Wildman–Crippen LogP) is 3.32. The van der Waals surface area contributed by atoms with Crippen LogP contribution in [0.5, 0.6) is 0 Å². The quantitative estimate of drug-likeness (QED) is 0.683. The summed E-state index contributed by atoms with van der Waals surface area (Å²) in [6.45, 7) is 0.599. The minimum Gasteiger partial charge on any atom is -0.379 e. The first-order chi connectivity index (χ1) is 8.16. The van der Waals surface area contributed by atoms with Crippen LogP contribution in [-0.2, 0) is 6.54 Å². The summed E-state index contributed by atoms with van der Waals surface area (Å²) in [5.41, 5.74) is 2.40. The number of anilines is 1. The van der Waals surface area contributed by atoms with Gasteiger partial charge in [-0.2, -0.15) is 0 Å². The van der Waals surface area contributed by atoms with E-state index in [0.717, 1.165) is 4.88 Å². The number of thiazole rings is 1. The van der Waals surface area contributed by atoms with E-state index in [0.29, 0.717) is 17.3 Å². The highest BCUT2D eigenvalue weighted by Crippen LogP contribution is 2.27. The summed E-state index contributed by atoms with van der Waals surface area (Å²) in [4.78, 5) is 15.1. The third kappa shape index (κ3) is 2.92. The molecule has 0 saturated carbocycles. The van der Waals surface area contributed by atoms with Crippen LogP contribution in [0.15, 0.2) is 29.9 Å². The molecule has 0 saturated heterocycles. The topological polar surface area (TPSA) is 68.1 Å². The molecule has 0 aliphatic carbocycles. The summed E-state index contributed by atoms with van der Waals surface area (Å²) in [7, 11) is 0. The van der Waals surface area contributed by atoms with Crippen LogP contribution in [0.4, 0.5) is 11.4 Å². The highest BCUT2D eigenvalue weighted by atomic mass is 35.5. The van der Waals surface area contributed by atoms with Gasteiger partial charge in [-0.1, -0.05) is 11.6 Å². The predicted molar refractivity (Wildman–Crippen MR) is 67.5 cm³/mol. The van der Waals surface area contributed by atoms with Crippen LogP contribution in [0.2, 0.25) is 5.02 Å². The molecule has 0 spiro atoms. The molecule has 1 aromatic heterocycles. The third-order valence-electron chi connectivity index (χ3n) is 2.10. The molecule has 2 aromatic rings. The van der Waals surface area contributed by atoms with Crippen LogP contribution >= 0.6 is 22.9 Å². The number of aromatic nitrogens is 1. The van der Waals surface area contributed by atoms with E-state index in [1.807, 2.05) is 0 Å². The first kappa shape index (κ1) is 11.8. The van der Waals surface area contributed by atoms with Crippen LogP contribution in [-0.4, -0.2) is 9.91 Å². The molecular weight excluding hydrogens is 262 g/mol. The molecule has 5 nitrogen and oxygen atoms in total. The van der Waals surface area contributed by atoms with Crippen LogP contribution < -0.4 is 5.32 Å². The van der Waals surface area contributed by atoms with Gasteiger partial charge in [-0.15, -0.1) is 11.3 Å². The molecule has 0 aliphatic rings. The number of nitro benzene ring substituents is 1. The Bertz CT molecular complexity index is 530.